The maximum absolute atomic E-state index is 13.8. The molecule has 4 rings (SSSR count). The lowest BCUT2D eigenvalue weighted by Gasteiger charge is -2.28. The number of hydrazine groups is 1. The van der Waals surface area contributed by atoms with Crippen LogP contribution in [0, 0.1) is 6.92 Å². The summed E-state index contributed by atoms with van der Waals surface area (Å²) in [6.45, 7) is 4.72. The van der Waals surface area contributed by atoms with E-state index in [9.17, 15) is 4.79 Å². The van der Waals surface area contributed by atoms with Crippen molar-refractivity contribution in [3.05, 3.63) is 105 Å². The van der Waals surface area contributed by atoms with E-state index in [1.165, 1.54) is 0 Å². The van der Waals surface area contributed by atoms with Crippen molar-refractivity contribution in [2.75, 3.05) is 13.2 Å². The number of rotatable bonds is 12. The molecule has 0 aromatic heterocycles. The van der Waals surface area contributed by atoms with Crippen LogP contribution >= 0.6 is 0 Å². The van der Waals surface area contributed by atoms with Gasteiger partial charge >= 0.3 is 0 Å². The number of carbonyl (C=O) groups is 1. The van der Waals surface area contributed by atoms with Gasteiger partial charge in [0.25, 0.3) is 5.91 Å². The number of hydrogen-bond donors (Lipinski definition) is 3. The molecule has 10 nitrogen and oxygen atoms in total. The summed E-state index contributed by atoms with van der Waals surface area (Å²) in [6, 6.07) is 22.4. The maximum atomic E-state index is 13.8. The van der Waals surface area contributed by atoms with Crippen LogP contribution in [0.2, 0.25) is 0 Å². The third-order valence-corrected chi connectivity index (χ3v) is 6.51. The van der Waals surface area contributed by atoms with Crippen molar-refractivity contribution >= 4 is 17.5 Å². The smallest absolute Gasteiger partial charge is 0.266 e. The number of aryl methyl sites for hydroxylation is 1. The zero-order valence-electron chi connectivity index (χ0n) is 22.0. The molecule has 0 spiro atoms. The first-order valence-corrected chi connectivity index (χ1v) is 12.8. The quantitative estimate of drug-likeness (QED) is 0.103. The highest BCUT2D eigenvalue weighted by molar-refractivity contribution is 6.00. The molecular weight excluding hydrogens is 496 g/mol. The van der Waals surface area contributed by atoms with Crippen LogP contribution in [0.4, 0.5) is 5.69 Å². The van der Waals surface area contributed by atoms with Gasteiger partial charge in [0.05, 0.1) is 6.61 Å². The van der Waals surface area contributed by atoms with Crippen molar-refractivity contribution in [2.45, 2.75) is 44.9 Å². The average Bonchev–Trinajstić information content (AvgIpc) is 3.27. The van der Waals surface area contributed by atoms with Crippen LogP contribution in [0.5, 0.6) is 5.75 Å². The molecule has 1 aliphatic rings. The third kappa shape index (κ3) is 6.74. The summed E-state index contributed by atoms with van der Waals surface area (Å²) in [5.74, 6) is 0.628. The molecule has 0 aliphatic carbocycles. The van der Waals surface area contributed by atoms with E-state index < -0.39 is 11.6 Å². The predicted molar refractivity (Wildman–Crippen MR) is 149 cm³/mol. The van der Waals surface area contributed by atoms with E-state index in [2.05, 4.69) is 20.9 Å². The van der Waals surface area contributed by atoms with Gasteiger partial charge in [-0.05, 0) is 54.8 Å². The molecule has 2 atom stereocenters. The Balaban J connectivity index is 1.61. The van der Waals surface area contributed by atoms with Gasteiger partial charge in [-0.1, -0.05) is 59.2 Å². The normalized spacial score (nSPS) is 18.0. The standard InChI is InChI=1S/C29H32N6O4/c1-20-7-5-8-22(17-20)19-31-34-28(37)29(18-24-9-3-4-10-26(24)33-35-30)21(2)39-27(32-29)23-11-13-25(14-12-23)38-16-6-15-36/h3-5,7-14,17,21,31,36H,6,15-16,18-19H2,1-2H3,(H,34,37)/t21-,29-/m0/s1. The van der Waals surface area contributed by atoms with E-state index >= 15 is 0 Å². The summed E-state index contributed by atoms with van der Waals surface area (Å²) < 4.78 is 11.8. The van der Waals surface area contributed by atoms with Gasteiger partial charge in [-0.25, -0.2) is 10.4 Å². The number of amides is 1. The van der Waals surface area contributed by atoms with Gasteiger partial charge in [-0.3, -0.25) is 10.2 Å². The molecule has 0 fully saturated rings. The van der Waals surface area contributed by atoms with Crippen LogP contribution in [0.1, 0.15) is 35.6 Å². The molecule has 0 saturated heterocycles. The molecule has 3 N–H and O–H groups in total. The molecule has 0 saturated carbocycles. The number of aliphatic imine (C=N–C) groups is 1. The van der Waals surface area contributed by atoms with E-state index in [-0.39, 0.29) is 18.9 Å². The number of aliphatic hydroxyl groups excluding tert-OH is 1. The number of nitrogens with zero attached hydrogens (tertiary/aromatic N) is 4. The topological polar surface area (TPSA) is 141 Å². The first-order chi connectivity index (χ1) is 18.9. The van der Waals surface area contributed by atoms with E-state index in [1.54, 1.807) is 31.2 Å². The van der Waals surface area contributed by atoms with Crippen LogP contribution in [-0.2, 0) is 22.5 Å². The summed E-state index contributed by atoms with van der Waals surface area (Å²) >= 11 is 0. The Kier molecular flexibility index (Phi) is 9.17. The summed E-state index contributed by atoms with van der Waals surface area (Å²) in [6.07, 6.45) is 0.0858. The van der Waals surface area contributed by atoms with Crippen LogP contribution < -0.4 is 15.6 Å². The van der Waals surface area contributed by atoms with Crippen molar-refractivity contribution in [1.29, 1.82) is 0 Å². The number of ether oxygens (including phenoxy) is 2. The Bertz CT molecular complexity index is 1370. The monoisotopic (exact) mass is 528 g/mol. The van der Waals surface area contributed by atoms with Gasteiger partial charge in [0.1, 0.15) is 11.9 Å². The number of carbonyl (C=O) groups excluding carboxylic acids is 1. The minimum absolute atomic E-state index is 0.0629. The Morgan fingerprint density at radius 3 is 2.72 bits per heavy atom. The second-order valence-electron chi connectivity index (χ2n) is 9.34. The highest BCUT2D eigenvalue weighted by Gasteiger charge is 2.50. The number of aliphatic hydroxyl groups is 1. The Morgan fingerprint density at radius 1 is 1.18 bits per heavy atom. The maximum Gasteiger partial charge on any atom is 0.266 e. The molecule has 3 aromatic rings. The molecule has 10 heteroatoms. The summed E-state index contributed by atoms with van der Waals surface area (Å²) in [4.78, 5) is 21.6. The highest BCUT2D eigenvalue weighted by atomic mass is 16.5. The molecule has 3 aromatic carbocycles. The van der Waals surface area contributed by atoms with Gasteiger partial charge in [0.15, 0.2) is 5.54 Å². The van der Waals surface area contributed by atoms with Crippen LogP contribution in [-0.4, -0.2) is 41.8 Å². The second kappa shape index (κ2) is 12.9. The molecule has 0 unspecified atom stereocenters. The molecular formula is C29H32N6O4. The molecule has 1 heterocycles. The molecule has 1 aliphatic heterocycles. The second-order valence-corrected chi connectivity index (χ2v) is 9.34. The van der Waals surface area contributed by atoms with Crippen molar-refractivity contribution in [3.8, 4) is 5.75 Å². The Morgan fingerprint density at radius 2 is 1.97 bits per heavy atom. The van der Waals surface area contributed by atoms with Crippen molar-refractivity contribution in [3.63, 3.8) is 0 Å². The van der Waals surface area contributed by atoms with Crippen LogP contribution in [0.25, 0.3) is 10.4 Å². The van der Waals surface area contributed by atoms with Gasteiger partial charge in [0, 0.05) is 42.2 Å². The summed E-state index contributed by atoms with van der Waals surface area (Å²) in [7, 11) is 0. The lowest BCUT2D eigenvalue weighted by Crippen LogP contribution is -2.55. The van der Waals surface area contributed by atoms with Crippen LogP contribution in [0.3, 0.4) is 0 Å². The minimum Gasteiger partial charge on any atom is -0.494 e. The fourth-order valence-electron chi connectivity index (χ4n) is 4.40. The predicted octanol–water partition coefficient (Wildman–Crippen LogP) is 4.67. The van der Waals surface area contributed by atoms with Gasteiger partial charge < -0.3 is 14.6 Å². The summed E-state index contributed by atoms with van der Waals surface area (Å²) in [5.41, 5.74) is 17.5. The minimum atomic E-state index is -1.33. The average molecular weight is 529 g/mol. The number of nitrogens with one attached hydrogen (secondary N) is 2. The number of azide groups is 1. The molecule has 0 radical (unpaired) electrons. The zero-order valence-corrected chi connectivity index (χ0v) is 22.0. The molecule has 1 amide bonds. The van der Waals surface area contributed by atoms with Gasteiger partial charge in [0.2, 0.25) is 5.90 Å². The molecule has 39 heavy (non-hydrogen) atoms. The largest absolute Gasteiger partial charge is 0.494 e. The third-order valence-electron chi connectivity index (χ3n) is 6.51. The van der Waals surface area contributed by atoms with Crippen molar-refractivity contribution < 1.29 is 19.4 Å². The fraction of sp³-hybridized carbons (Fsp3) is 0.310. The van der Waals surface area contributed by atoms with Crippen LogP contribution in [0.15, 0.2) is 82.9 Å². The first-order valence-electron chi connectivity index (χ1n) is 12.8. The summed E-state index contributed by atoms with van der Waals surface area (Å²) in [5, 5.41) is 12.8. The van der Waals surface area contributed by atoms with E-state index in [4.69, 9.17) is 25.1 Å². The van der Waals surface area contributed by atoms with E-state index in [0.29, 0.717) is 48.0 Å². The van der Waals surface area contributed by atoms with Gasteiger partial charge in [-0.15, -0.1) is 0 Å². The highest BCUT2D eigenvalue weighted by Crippen LogP contribution is 2.35. The molecule has 0 bridgehead atoms. The Labute approximate surface area is 227 Å². The number of hydrogen-bond acceptors (Lipinski definition) is 7. The van der Waals surface area contributed by atoms with Gasteiger partial charge in [-0.2, -0.15) is 0 Å². The lowest BCUT2D eigenvalue weighted by molar-refractivity contribution is -0.129. The van der Waals surface area contributed by atoms with E-state index in [1.807, 2.05) is 55.5 Å². The van der Waals surface area contributed by atoms with E-state index in [0.717, 1.165) is 11.1 Å². The number of benzene rings is 3. The van der Waals surface area contributed by atoms with Crippen molar-refractivity contribution in [1.82, 2.24) is 10.9 Å². The molecule has 202 valence electrons. The SMILES string of the molecule is Cc1cccc(CNNC(=O)[C@@]2(Cc3ccccc3N=[N+]=[N-])N=C(c3ccc(OCCCO)cc3)O[C@H]2C)c1. The Hall–Kier alpha value is -4.37. The zero-order chi connectivity index (χ0) is 27.7. The van der Waals surface area contributed by atoms with Crippen molar-refractivity contribution in [2.24, 2.45) is 10.1 Å². The lowest BCUT2D eigenvalue weighted by atomic mass is 9.85. The first kappa shape index (κ1) is 27.7. The fourth-order valence-corrected chi connectivity index (χ4v) is 4.40.